The van der Waals surface area contributed by atoms with Gasteiger partial charge in [0.1, 0.15) is 27.9 Å². The fourth-order valence-electron chi connectivity index (χ4n) is 2.71. The summed E-state index contributed by atoms with van der Waals surface area (Å²) in [5, 5.41) is 12.4. The Morgan fingerprint density at radius 1 is 1.14 bits per heavy atom. The highest BCUT2D eigenvalue weighted by Gasteiger charge is 2.17. The quantitative estimate of drug-likeness (QED) is 0.450. The van der Waals surface area contributed by atoms with E-state index in [1.807, 2.05) is 37.3 Å². The smallest absolute Gasteiger partial charge is 0.234 e. The molecule has 0 spiro atoms. The van der Waals surface area contributed by atoms with Crippen LogP contribution in [0.1, 0.15) is 5.01 Å². The second kappa shape index (κ2) is 8.22. The van der Waals surface area contributed by atoms with Crippen LogP contribution in [-0.2, 0) is 4.79 Å². The van der Waals surface area contributed by atoms with Crippen LogP contribution in [0.4, 0.5) is 14.5 Å². The lowest BCUT2D eigenvalue weighted by Gasteiger charge is -2.07. The Morgan fingerprint density at radius 2 is 1.93 bits per heavy atom. The number of aromatic nitrogens is 3. The van der Waals surface area contributed by atoms with E-state index < -0.39 is 17.5 Å². The largest absolute Gasteiger partial charge is 0.323 e. The molecule has 29 heavy (non-hydrogen) atoms. The third kappa shape index (κ3) is 4.25. The maximum atomic E-state index is 13.7. The van der Waals surface area contributed by atoms with Crippen LogP contribution in [-0.4, -0.2) is 26.8 Å². The van der Waals surface area contributed by atoms with Crippen molar-refractivity contribution in [3.05, 3.63) is 65.2 Å². The Labute approximate surface area is 173 Å². The number of nitrogens with one attached hydrogen (secondary N) is 1. The Morgan fingerprint density at radius 3 is 2.69 bits per heavy atom. The van der Waals surface area contributed by atoms with E-state index in [2.05, 4.69) is 20.5 Å². The number of carbonyl (C=O) groups excluding carboxylic acids is 1. The van der Waals surface area contributed by atoms with Crippen LogP contribution in [0, 0.1) is 18.6 Å². The lowest BCUT2D eigenvalue weighted by molar-refractivity contribution is -0.113. The highest BCUT2D eigenvalue weighted by molar-refractivity contribution is 8.00. The Hall–Kier alpha value is -2.91. The summed E-state index contributed by atoms with van der Waals surface area (Å²) in [7, 11) is 0. The van der Waals surface area contributed by atoms with Crippen LogP contribution < -0.4 is 5.32 Å². The SMILES string of the molecule is Cc1nc2c(SCC(=O)Nc3ccc(F)cc3F)nnc(-c3ccccc3)c2s1. The molecule has 0 aliphatic carbocycles. The van der Waals surface area contributed by atoms with Crippen LogP contribution in [0.2, 0.25) is 0 Å². The van der Waals surface area contributed by atoms with Crippen molar-refractivity contribution < 1.29 is 13.6 Å². The minimum Gasteiger partial charge on any atom is -0.323 e. The van der Waals surface area contributed by atoms with Gasteiger partial charge in [-0.3, -0.25) is 4.79 Å². The molecule has 4 aromatic rings. The summed E-state index contributed by atoms with van der Waals surface area (Å²) in [6, 6.07) is 12.7. The number of benzene rings is 2. The summed E-state index contributed by atoms with van der Waals surface area (Å²) in [6.07, 6.45) is 0. The van der Waals surface area contributed by atoms with Crippen molar-refractivity contribution in [2.24, 2.45) is 0 Å². The molecular weight excluding hydrogens is 414 g/mol. The van der Waals surface area contributed by atoms with Gasteiger partial charge in [-0.2, -0.15) is 0 Å². The third-order valence-corrected chi connectivity index (χ3v) is 5.92. The van der Waals surface area contributed by atoms with E-state index in [9.17, 15) is 13.6 Å². The first kappa shape index (κ1) is 19.4. The fraction of sp³-hybridized carbons (Fsp3) is 0.100. The molecule has 146 valence electrons. The topological polar surface area (TPSA) is 67.8 Å². The minimum atomic E-state index is -0.826. The van der Waals surface area contributed by atoms with Crippen molar-refractivity contribution in [2.45, 2.75) is 11.9 Å². The average molecular weight is 428 g/mol. The van der Waals surface area contributed by atoms with E-state index in [1.165, 1.54) is 29.2 Å². The number of rotatable bonds is 5. The lowest BCUT2D eigenvalue weighted by Crippen LogP contribution is -2.15. The summed E-state index contributed by atoms with van der Waals surface area (Å²) in [5.41, 5.74) is 2.30. The Kier molecular flexibility index (Phi) is 5.50. The average Bonchev–Trinajstić information content (AvgIpc) is 3.10. The molecule has 1 N–H and O–H groups in total. The minimum absolute atomic E-state index is 0.0120. The molecule has 0 bridgehead atoms. The number of aryl methyl sites for hydroxylation is 1. The molecule has 0 aliphatic heterocycles. The molecule has 9 heteroatoms. The zero-order valence-electron chi connectivity index (χ0n) is 15.1. The number of amides is 1. The lowest BCUT2D eigenvalue weighted by atomic mass is 10.1. The van der Waals surface area contributed by atoms with Gasteiger partial charge < -0.3 is 5.32 Å². The molecule has 0 aliphatic rings. The molecule has 1 amide bonds. The number of anilines is 1. The van der Waals surface area contributed by atoms with Crippen molar-refractivity contribution in [2.75, 3.05) is 11.1 Å². The molecular formula is C20H14F2N4OS2. The van der Waals surface area contributed by atoms with Crippen LogP contribution in [0.5, 0.6) is 0 Å². The van der Waals surface area contributed by atoms with Gasteiger partial charge in [0, 0.05) is 11.6 Å². The number of thioether (sulfide) groups is 1. The maximum Gasteiger partial charge on any atom is 0.234 e. The third-order valence-electron chi connectivity index (χ3n) is 3.98. The number of hydrogen-bond donors (Lipinski definition) is 1. The monoisotopic (exact) mass is 428 g/mol. The van der Waals surface area contributed by atoms with E-state index in [4.69, 9.17) is 0 Å². The summed E-state index contributed by atoms with van der Waals surface area (Å²) in [5.74, 6) is -1.98. The summed E-state index contributed by atoms with van der Waals surface area (Å²) in [4.78, 5) is 16.7. The first-order valence-corrected chi connectivity index (χ1v) is 10.4. The van der Waals surface area contributed by atoms with Crippen molar-refractivity contribution in [3.8, 4) is 11.3 Å². The molecule has 0 unspecified atom stereocenters. The number of hydrogen-bond acceptors (Lipinski definition) is 6. The predicted octanol–water partition coefficient (Wildman–Crippen LogP) is 5.07. The van der Waals surface area contributed by atoms with Crippen LogP contribution in [0.25, 0.3) is 21.5 Å². The number of halogens is 2. The molecule has 0 saturated heterocycles. The number of carbonyl (C=O) groups is 1. The van der Waals surface area contributed by atoms with E-state index in [0.717, 1.165) is 33.1 Å². The fourth-order valence-corrected chi connectivity index (χ4v) is 4.43. The van der Waals surface area contributed by atoms with Gasteiger partial charge in [-0.25, -0.2) is 13.8 Å². The van der Waals surface area contributed by atoms with Gasteiger partial charge >= 0.3 is 0 Å². The molecule has 2 aromatic carbocycles. The molecule has 2 heterocycles. The van der Waals surface area contributed by atoms with Gasteiger partial charge in [0.05, 0.1) is 21.1 Å². The van der Waals surface area contributed by atoms with Crippen molar-refractivity contribution in [1.29, 1.82) is 0 Å². The summed E-state index contributed by atoms with van der Waals surface area (Å²) >= 11 is 2.68. The summed E-state index contributed by atoms with van der Waals surface area (Å²) < 4.78 is 27.6. The molecule has 0 radical (unpaired) electrons. The zero-order valence-corrected chi connectivity index (χ0v) is 16.8. The highest BCUT2D eigenvalue weighted by atomic mass is 32.2. The van der Waals surface area contributed by atoms with Crippen molar-refractivity contribution in [1.82, 2.24) is 15.2 Å². The molecule has 4 rings (SSSR count). The highest BCUT2D eigenvalue weighted by Crippen LogP contribution is 2.35. The first-order chi connectivity index (χ1) is 14.0. The van der Waals surface area contributed by atoms with E-state index >= 15 is 0 Å². The number of fused-ring (bicyclic) bond motifs is 1. The molecule has 5 nitrogen and oxygen atoms in total. The van der Waals surface area contributed by atoms with Crippen LogP contribution in [0.15, 0.2) is 53.6 Å². The number of thiazole rings is 1. The Balaban J connectivity index is 1.55. The maximum absolute atomic E-state index is 13.7. The standard InChI is InChI=1S/C20H14F2N4OS2/c1-11-23-18-19(29-11)17(12-5-3-2-4-6-12)25-26-20(18)28-10-16(27)24-15-8-7-13(21)9-14(15)22/h2-9H,10H2,1H3,(H,24,27). The first-order valence-electron chi connectivity index (χ1n) is 8.58. The zero-order chi connectivity index (χ0) is 20.4. The predicted molar refractivity (Wildman–Crippen MR) is 111 cm³/mol. The van der Waals surface area contributed by atoms with E-state index in [-0.39, 0.29) is 11.4 Å². The molecule has 0 saturated carbocycles. The molecule has 0 atom stereocenters. The van der Waals surface area contributed by atoms with Crippen LogP contribution >= 0.6 is 23.1 Å². The van der Waals surface area contributed by atoms with Crippen LogP contribution in [0.3, 0.4) is 0 Å². The van der Waals surface area contributed by atoms with E-state index in [0.29, 0.717) is 10.5 Å². The van der Waals surface area contributed by atoms with Crippen molar-refractivity contribution >= 4 is 44.9 Å². The van der Waals surface area contributed by atoms with Gasteiger partial charge in [0.2, 0.25) is 5.91 Å². The molecule has 2 aromatic heterocycles. The van der Waals surface area contributed by atoms with Gasteiger partial charge in [0.25, 0.3) is 0 Å². The Bertz CT molecular complexity index is 1200. The molecule has 0 fully saturated rings. The van der Waals surface area contributed by atoms with Gasteiger partial charge in [0.15, 0.2) is 0 Å². The summed E-state index contributed by atoms with van der Waals surface area (Å²) in [6.45, 7) is 1.90. The van der Waals surface area contributed by atoms with Gasteiger partial charge in [-0.15, -0.1) is 21.5 Å². The van der Waals surface area contributed by atoms with E-state index in [1.54, 1.807) is 0 Å². The van der Waals surface area contributed by atoms with Gasteiger partial charge in [-0.1, -0.05) is 42.1 Å². The normalized spacial score (nSPS) is 11.0. The van der Waals surface area contributed by atoms with Gasteiger partial charge in [-0.05, 0) is 19.1 Å². The second-order valence-corrected chi connectivity index (χ2v) is 8.26. The number of nitrogens with zero attached hydrogens (tertiary/aromatic N) is 3. The van der Waals surface area contributed by atoms with Crippen molar-refractivity contribution in [3.63, 3.8) is 0 Å². The second-order valence-electron chi connectivity index (χ2n) is 6.09.